The first-order valence-electron chi connectivity index (χ1n) is 6.94. The van der Waals surface area contributed by atoms with Gasteiger partial charge in [-0.25, -0.2) is 14.8 Å². The summed E-state index contributed by atoms with van der Waals surface area (Å²) in [6.45, 7) is -0.365. The van der Waals surface area contributed by atoms with Crippen molar-refractivity contribution >= 4 is 33.5 Å². The van der Waals surface area contributed by atoms with E-state index in [-0.39, 0.29) is 30.4 Å². The van der Waals surface area contributed by atoms with Gasteiger partial charge in [0.2, 0.25) is 0 Å². The van der Waals surface area contributed by atoms with Crippen LogP contribution < -0.4 is 4.74 Å². The molecule has 0 radical (unpaired) electrons. The van der Waals surface area contributed by atoms with E-state index in [0.717, 1.165) is 0 Å². The van der Waals surface area contributed by atoms with E-state index in [9.17, 15) is 18.0 Å². The van der Waals surface area contributed by atoms with Gasteiger partial charge in [-0.1, -0.05) is 17.7 Å². The minimum absolute atomic E-state index is 0.0214. The second-order valence-electron chi connectivity index (χ2n) is 4.75. The Morgan fingerprint density at radius 1 is 1.24 bits per heavy atom. The van der Waals surface area contributed by atoms with E-state index in [1.165, 1.54) is 18.5 Å². The van der Waals surface area contributed by atoms with Gasteiger partial charge in [0.1, 0.15) is 11.3 Å². The Kier molecular flexibility index (Phi) is 6.60. The number of hydrogen-bond donors (Lipinski definition) is 0. The number of halogens is 5. The summed E-state index contributed by atoms with van der Waals surface area (Å²) in [6.07, 6.45) is -3.01. The number of carbonyl (C=O) groups excluding carboxylic acids is 1. The Hall–Kier alpha value is -1.87. The van der Waals surface area contributed by atoms with Gasteiger partial charge in [-0.05, 0) is 34.5 Å². The second kappa shape index (κ2) is 8.48. The molecule has 25 heavy (non-hydrogen) atoms. The first kappa shape index (κ1) is 19.5. The predicted molar refractivity (Wildman–Crippen MR) is 86.8 cm³/mol. The summed E-state index contributed by atoms with van der Waals surface area (Å²) in [6, 6.07) is 4.61. The molecular weight excluding hydrogens is 429 g/mol. The van der Waals surface area contributed by atoms with Crippen LogP contribution in [-0.4, -0.2) is 28.7 Å². The van der Waals surface area contributed by atoms with Crippen LogP contribution in [0.5, 0.6) is 11.8 Å². The van der Waals surface area contributed by atoms with Crippen LogP contribution in [0.25, 0.3) is 0 Å². The van der Waals surface area contributed by atoms with Crippen molar-refractivity contribution in [3.63, 3.8) is 0 Å². The third-order valence-corrected chi connectivity index (χ3v) is 3.67. The quantitative estimate of drug-likeness (QED) is 0.458. The van der Waals surface area contributed by atoms with E-state index in [4.69, 9.17) is 21.1 Å². The zero-order chi connectivity index (χ0) is 18.4. The summed E-state index contributed by atoms with van der Waals surface area (Å²) in [5.74, 6) is -0.726. The highest BCUT2D eigenvalue weighted by Crippen LogP contribution is 2.30. The first-order chi connectivity index (χ1) is 11.8. The molecule has 0 bridgehead atoms. The van der Waals surface area contributed by atoms with E-state index >= 15 is 0 Å². The zero-order valence-electron chi connectivity index (χ0n) is 12.5. The number of benzene rings is 1. The number of carbonyl (C=O) groups is 1. The van der Waals surface area contributed by atoms with Gasteiger partial charge in [0.15, 0.2) is 0 Å². The van der Waals surface area contributed by atoms with Gasteiger partial charge < -0.3 is 9.47 Å². The average Bonchev–Trinajstić information content (AvgIpc) is 2.53. The van der Waals surface area contributed by atoms with Gasteiger partial charge in [0.05, 0.1) is 24.0 Å². The molecule has 0 unspecified atom stereocenters. The van der Waals surface area contributed by atoms with Crippen molar-refractivity contribution in [2.45, 2.75) is 19.0 Å². The number of esters is 1. The van der Waals surface area contributed by atoms with E-state index in [1.807, 2.05) is 0 Å². The largest absolute Gasteiger partial charge is 0.462 e. The van der Waals surface area contributed by atoms with E-state index in [2.05, 4.69) is 25.9 Å². The van der Waals surface area contributed by atoms with Crippen molar-refractivity contribution in [2.24, 2.45) is 0 Å². The molecular formula is C15H11BrClF3N2O3. The molecule has 0 saturated heterocycles. The van der Waals surface area contributed by atoms with Crippen LogP contribution in [-0.2, 0) is 4.74 Å². The van der Waals surface area contributed by atoms with Crippen LogP contribution in [0.3, 0.4) is 0 Å². The molecule has 1 aromatic carbocycles. The summed E-state index contributed by atoms with van der Waals surface area (Å²) in [5, 5.41) is 0.311. The number of rotatable bonds is 6. The van der Waals surface area contributed by atoms with Crippen molar-refractivity contribution in [2.75, 3.05) is 6.61 Å². The molecule has 134 valence electrons. The first-order valence-corrected chi connectivity index (χ1v) is 8.11. The molecule has 0 aliphatic heterocycles. The van der Waals surface area contributed by atoms with Crippen molar-refractivity contribution in [1.82, 2.24) is 9.97 Å². The van der Waals surface area contributed by atoms with Gasteiger partial charge in [0, 0.05) is 10.9 Å². The zero-order valence-corrected chi connectivity index (χ0v) is 14.9. The SMILES string of the molecule is O=C(OCCCC(F)(F)F)c1c(Br)cccc1Oc1ncc(Cl)cn1. The predicted octanol–water partition coefficient (Wildman–Crippen LogP) is 5.18. The van der Waals surface area contributed by atoms with Crippen LogP contribution in [0.15, 0.2) is 35.1 Å². The maximum absolute atomic E-state index is 12.2. The maximum atomic E-state index is 12.2. The van der Waals surface area contributed by atoms with Crippen molar-refractivity contribution in [3.05, 3.63) is 45.7 Å². The van der Waals surface area contributed by atoms with Crippen molar-refractivity contribution < 1.29 is 27.4 Å². The highest BCUT2D eigenvalue weighted by atomic mass is 79.9. The van der Waals surface area contributed by atoms with Gasteiger partial charge >= 0.3 is 18.2 Å². The lowest BCUT2D eigenvalue weighted by molar-refractivity contribution is -0.137. The van der Waals surface area contributed by atoms with Gasteiger partial charge in [0.25, 0.3) is 0 Å². The standard InChI is InChI=1S/C15H11BrClF3N2O3/c16-10-3-1-4-11(25-14-21-7-9(17)8-22-14)12(10)13(23)24-6-2-5-15(18,19)20/h1,3-4,7-8H,2,5-6H2. The van der Waals surface area contributed by atoms with Crippen LogP contribution in [0.2, 0.25) is 5.02 Å². The Labute approximate surface area is 154 Å². The van der Waals surface area contributed by atoms with Gasteiger partial charge in [-0.2, -0.15) is 13.2 Å². The Morgan fingerprint density at radius 2 is 1.92 bits per heavy atom. The van der Waals surface area contributed by atoms with Crippen molar-refractivity contribution in [3.8, 4) is 11.8 Å². The van der Waals surface area contributed by atoms with Crippen LogP contribution in [0.4, 0.5) is 13.2 Å². The normalized spacial score (nSPS) is 11.2. The number of hydrogen-bond acceptors (Lipinski definition) is 5. The molecule has 0 N–H and O–H groups in total. The maximum Gasteiger partial charge on any atom is 0.389 e. The number of aromatic nitrogens is 2. The van der Waals surface area contributed by atoms with Crippen LogP contribution in [0, 0.1) is 0 Å². The number of alkyl halides is 3. The highest BCUT2D eigenvalue weighted by Gasteiger charge is 2.26. The smallest absolute Gasteiger partial charge is 0.389 e. The van der Waals surface area contributed by atoms with E-state index < -0.39 is 18.6 Å². The Bertz CT molecular complexity index is 742. The lowest BCUT2D eigenvalue weighted by Crippen LogP contribution is -2.12. The number of nitrogens with zero attached hydrogens (tertiary/aromatic N) is 2. The summed E-state index contributed by atoms with van der Waals surface area (Å²) in [4.78, 5) is 19.9. The third-order valence-electron chi connectivity index (χ3n) is 2.82. The number of ether oxygens (including phenoxy) is 2. The van der Waals surface area contributed by atoms with E-state index in [1.54, 1.807) is 12.1 Å². The topological polar surface area (TPSA) is 61.3 Å². The third kappa shape index (κ3) is 6.17. The minimum Gasteiger partial charge on any atom is -0.462 e. The van der Waals surface area contributed by atoms with E-state index in [0.29, 0.717) is 9.50 Å². The fourth-order valence-corrected chi connectivity index (χ4v) is 2.36. The Balaban J connectivity index is 2.08. The monoisotopic (exact) mass is 438 g/mol. The molecule has 0 saturated carbocycles. The molecule has 2 aromatic rings. The molecule has 1 aromatic heterocycles. The molecule has 0 fully saturated rings. The Morgan fingerprint density at radius 3 is 2.56 bits per heavy atom. The lowest BCUT2D eigenvalue weighted by Gasteiger charge is -2.12. The van der Waals surface area contributed by atoms with Crippen molar-refractivity contribution in [1.29, 1.82) is 0 Å². The molecule has 0 atom stereocenters. The van der Waals surface area contributed by atoms with Crippen LogP contribution >= 0.6 is 27.5 Å². The fourth-order valence-electron chi connectivity index (χ4n) is 1.75. The summed E-state index contributed by atoms with van der Waals surface area (Å²) in [7, 11) is 0. The summed E-state index contributed by atoms with van der Waals surface area (Å²) in [5.41, 5.74) is 0.0214. The summed E-state index contributed by atoms with van der Waals surface area (Å²) < 4.78 is 47.0. The lowest BCUT2D eigenvalue weighted by atomic mass is 10.2. The van der Waals surface area contributed by atoms with Gasteiger partial charge in [-0.3, -0.25) is 0 Å². The molecule has 2 rings (SSSR count). The molecule has 0 spiro atoms. The highest BCUT2D eigenvalue weighted by molar-refractivity contribution is 9.10. The van der Waals surface area contributed by atoms with Gasteiger partial charge in [-0.15, -0.1) is 0 Å². The molecule has 5 nitrogen and oxygen atoms in total. The minimum atomic E-state index is -4.29. The summed E-state index contributed by atoms with van der Waals surface area (Å²) >= 11 is 8.87. The average molecular weight is 440 g/mol. The second-order valence-corrected chi connectivity index (χ2v) is 6.04. The van der Waals surface area contributed by atoms with Crippen LogP contribution in [0.1, 0.15) is 23.2 Å². The molecule has 0 aliphatic rings. The fraction of sp³-hybridized carbons (Fsp3) is 0.267. The molecule has 1 heterocycles. The molecule has 0 amide bonds. The molecule has 10 heteroatoms. The molecule has 0 aliphatic carbocycles.